The second-order valence-electron chi connectivity index (χ2n) is 7.42. The Morgan fingerprint density at radius 3 is 2.50 bits per heavy atom. The van der Waals surface area contributed by atoms with Gasteiger partial charge in [0.1, 0.15) is 11.6 Å². The minimum absolute atomic E-state index is 0.827. The molecule has 2 aromatic heterocycles. The number of hydrogen-bond donors (Lipinski definition) is 1. The second-order valence-corrected chi connectivity index (χ2v) is 7.42. The third-order valence-electron chi connectivity index (χ3n) is 5.43. The van der Waals surface area contributed by atoms with Crippen molar-refractivity contribution < 1.29 is 4.52 Å². The zero-order chi connectivity index (χ0) is 19.4. The van der Waals surface area contributed by atoms with Crippen molar-refractivity contribution in [1.29, 1.82) is 0 Å². The molecule has 0 aliphatic rings. The van der Waals surface area contributed by atoms with E-state index in [0.717, 1.165) is 45.0 Å². The van der Waals surface area contributed by atoms with Crippen molar-refractivity contribution in [1.82, 2.24) is 15.1 Å². The summed E-state index contributed by atoms with van der Waals surface area (Å²) in [5.74, 6) is 1.73. The first-order valence-electron chi connectivity index (χ1n) is 9.45. The van der Waals surface area contributed by atoms with Crippen LogP contribution in [0.4, 0.5) is 0 Å². The first-order chi connectivity index (χ1) is 13.5. The third-order valence-corrected chi connectivity index (χ3v) is 5.43. The van der Waals surface area contributed by atoms with Gasteiger partial charge < -0.3 is 9.51 Å². The average Bonchev–Trinajstić information content (AvgIpc) is 3.22. The maximum absolute atomic E-state index is 5.43. The molecule has 0 amide bonds. The Morgan fingerprint density at radius 1 is 0.893 bits per heavy atom. The van der Waals surface area contributed by atoms with Crippen LogP contribution in [0.1, 0.15) is 22.8 Å². The molecule has 0 saturated heterocycles. The van der Waals surface area contributed by atoms with E-state index in [4.69, 9.17) is 9.51 Å². The average molecular weight is 367 g/mol. The van der Waals surface area contributed by atoms with Crippen molar-refractivity contribution in [2.75, 3.05) is 0 Å². The number of rotatable bonds is 2. The van der Waals surface area contributed by atoms with E-state index in [9.17, 15) is 0 Å². The predicted molar refractivity (Wildman–Crippen MR) is 113 cm³/mol. The summed E-state index contributed by atoms with van der Waals surface area (Å²) < 4.78 is 5.43. The highest BCUT2D eigenvalue weighted by Crippen LogP contribution is 2.39. The van der Waals surface area contributed by atoms with Gasteiger partial charge in [-0.2, -0.15) is 0 Å². The van der Waals surface area contributed by atoms with Crippen LogP contribution < -0.4 is 0 Å². The van der Waals surface area contributed by atoms with Crippen molar-refractivity contribution >= 4 is 21.8 Å². The van der Waals surface area contributed by atoms with Gasteiger partial charge in [-0.3, -0.25) is 0 Å². The van der Waals surface area contributed by atoms with E-state index in [-0.39, 0.29) is 0 Å². The van der Waals surface area contributed by atoms with Gasteiger partial charge in [0, 0.05) is 11.1 Å². The molecule has 0 unspecified atom stereocenters. The van der Waals surface area contributed by atoms with E-state index in [2.05, 4.69) is 65.6 Å². The molecule has 0 aliphatic heterocycles. The fourth-order valence-corrected chi connectivity index (χ4v) is 4.21. The van der Waals surface area contributed by atoms with Crippen molar-refractivity contribution in [3.8, 4) is 22.3 Å². The molecule has 0 spiro atoms. The molecule has 4 heteroatoms. The molecule has 0 fully saturated rings. The maximum atomic E-state index is 5.43. The van der Waals surface area contributed by atoms with E-state index in [1.807, 2.05) is 20.8 Å². The maximum Gasteiger partial charge on any atom is 0.141 e. The number of fused-ring (bicyclic) bond motifs is 2. The standard InChI is InChI=1S/C24H21N3O/c1-13-9-10-17-7-5-6-8-19(17)22(13)20-11-18(23-14(2)27-28-15(23)3)12-21-24(20)26-16(4)25-21/h5-12H,1-4H3,(H,25,26). The van der Waals surface area contributed by atoms with Crippen LogP contribution in [-0.2, 0) is 0 Å². The van der Waals surface area contributed by atoms with E-state index in [0.29, 0.717) is 0 Å². The summed E-state index contributed by atoms with van der Waals surface area (Å²) in [4.78, 5) is 8.23. The summed E-state index contributed by atoms with van der Waals surface area (Å²) in [5, 5.41) is 6.61. The Kier molecular flexibility index (Phi) is 3.63. The van der Waals surface area contributed by atoms with Gasteiger partial charge in [-0.15, -0.1) is 0 Å². The molecule has 4 nitrogen and oxygen atoms in total. The minimum Gasteiger partial charge on any atom is -0.361 e. The van der Waals surface area contributed by atoms with Crippen LogP contribution >= 0.6 is 0 Å². The molecule has 0 aliphatic carbocycles. The number of hydrogen-bond acceptors (Lipinski definition) is 3. The molecule has 0 saturated carbocycles. The van der Waals surface area contributed by atoms with E-state index >= 15 is 0 Å². The monoisotopic (exact) mass is 367 g/mol. The summed E-state index contributed by atoms with van der Waals surface area (Å²) in [7, 11) is 0. The molecule has 5 rings (SSSR count). The van der Waals surface area contributed by atoms with Gasteiger partial charge in [0.05, 0.1) is 16.7 Å². The lowest BCUT2D eigenvalue weighted by Gasteiger charge is -2.13. The molecule has 0 radical (unpaired) electrons. The highest BCUT2D eigenvalue weighted by Gasteiger charge is 2.18. The van der Waals surface area contributed by atoms with Crippen LogP contribution in [0.3, 0.4) is 0 Å². The van der Waals surface area contributed by atoms with Crippen LogP contribution in [0.15, 0.2) is 53.1 Å². The number of imidazole rings is 1. The summed E-state index contributed by atoms with van der Waals surface area (Å²) >= 11 is 0. The Hall–Kier alpha value is -3.40. The number of H-pyrrole nitrogens is 1. The van der Waals surface area contributed by atoms with Gasteiger partial charge in [-0.25, -0.2) is 4.98 Å². The first kappa shape index (κ1) is 16.8. The summed E-state index contributed by atoms with van der Waals surface area (Å²) in [6, 6.07) is 17.3. The van der Waals surface area contributed by atoms with Crippen molar-refractivity contribution in [2.24, 2.45) is 0 Å². The number of aromatic amines is 1. The molecule has 2 heterocycles. The molecule has 1 N–H and O–H groups in total. The number of nitrogens with one attached hydrogen (secondary N) is 1. The van der Waals surface area contributed by atoms with E-state index < -0.39 is 0 Å². The van der Waals surface area contributed by atoms with Gasteiger partial charge in [0.25, 0.3) is 0 Å². The van der Waals surface area contributed by atoms with Crippen LogP contribution in [0.25, 0.3) is 44.1 Å². The molecule has 0 bridgehead atoms. The molecule has 28 heavy (non-hydrogen) atoms. The Bertz CT molecular complexity index is 1340. The van der Waals surface area contributed by atoms with Crippen LogP contribution in [0.2, 0.25) is 0 Å². The van der Waals surface area contributed by atoms with Gasteiger partial charge >= 0.3 is 0 Å². The van der Waals surface area contributed by atoms with Crippen LogP contribution in [0.5, 0.6) is 0 Å². The second kappa shape index (κ2) is 6.06. The molecule has 0 atom stereocenters. The van der Waals surface area contributed by atoms with Gasteiger partial charge in [-0.1, -0.05) is 41.6 Å². The van der Waals surface area contributed by atoms with Crippen molar-refractivity contribution in [2.45, 2.75) is 27.7 Å². The van der Waals surface area contributed by atoms with Gasteiger partial charge in [0.15, 0.2) is 0 Å². The van der Waals surface area contributed by atoms with E-state index in [1.54, 1.807) is 0 Å². The first-order valence-corrected chi connectivity index (χ1v) is 9.45. The Balaban J connectivity index is 1.92. The fourth-order valence-electron chi connectivity index (χ4n) is 4.21. The lowest BCUT2D eigenvalue weighted by atomic mass is 9.90. The topological polar surface area (TPSA) is 54.7 Å². The summed E-state index contributed by atoms with van der Waals surface area (Å²) in [6.07, 6.45) is 0. The molecule has 3 aromatic carbocycles. The van der Waals surface area contributed by atoms with E-state index in [1.165, 1.54) is 21.9 Å². The minimum atomic E-state index is 0.827. The largest absolute Gasteiger partial charge is 0.361 e. The zero-order valence-electron chi connectivity index (χ0n) is 16.4. The lowest BCUT2D eigenvalue weighted by molar-refractivity contribution is 0.393. The molecular formula is C24H21N3O. The normalized spacial score (nSPS) is 11.6. The predicted octanol–water partition coefficient (Wildman–Crippen LogP) is 6.27. The Morgan fingerprint density at radius 2 is 1.71 bits per heavy atom. The van der Waals surface area contributed by atoms with Gasteiger partial charge in [-0.05, 0) is 67.3 Å². The van der Waals surface area contributed by atoms with Crippen molar-refractivity contribution in [3.05, 3.63) is 71.4 Å². The highest BCUT2D eigenvalue weighted by atomic mass is 16.5. The lowest BCUT2D eigenvalue weighted by Crippen LogP contribution is -1.91. The molecule has 5 aromatic rings. The van der Waals surface area contributed by atoms with Crippen LogP contribution in [-0.4, -0.2) is 15.1 Å². The Labute approximate surface area is 163 Å². The molecular weight excluding hydrogens is 346 g/mol. The third kappa shape index (κ3) is 2.45. The van der Waals surface area contributed by atoms with Gasteiger partial charge in [0.2, 0.25) is 0 Å². The SMILES string of the molecule is Cc1nc2c(-c3c(C)ccc4ccccc34)cc(-c3c(C)noc3C)cc2[nH]1. The van der Waals surface area contributed by atoms with Crippen molar-refractivity contribution in [3.63, 3.8) is 0 Å². The number of aryl methyl sites for hydroxylation is 4. The smallest absolute Gasteiger partial charge is 0.141 e. The summed E-state index contributed by atoms with van der Waals surface area (Å²) in [6.45, 7) is 8.10. The number of nitrogens with zero attached hydrogens (tertiary/aromatic N) is 2. The highest BCUT2D eigenvalue weighted by molar-refractivity contribution is 6.06. The number of aromatic nitrogens is 3. The molecule has 138 valence electrons. The fraction of sp³-hybridized carbons (Fsp3) is 0.167. The van der Waals surface area contributed by atoms with Crippen LogP contribution in [0, 0.1) is 27.7 Å². The summed E-state index contributed by atoms with van der Waals surface area (Å²) in [5.41, 5.74) is 8.65. The zero-order valence-corrected chi connectivity index (χ0v) is 16.4. The number of benzene rings is 3. The quantitative estimate of drug-likeness (QED) is 0.400.